The highest BCUT2D eigenvalue weighted by Gasteiger charge is 2.44. The van der Waals surface area contributed by atoms with Gasteiger partial charge in [0.25, 0.3) is 0 Å². The van der Waals surface area contributed by atoms with E-state index in [1.165, 1.54) is 11.2 Å². The molecule has 0 amide bonds. The molecule has 5 rings (SSSR count). The second-order valence-electron chi connectivity index (χ2n) is 12.5. The van der Waals surface area contributed by atoms with Crippen LogP contribution in [0.25, 0.3) is 0 Å². The number of piperidine rings is 1. The molecule has 5 nitrogen and oxygen atoms in total. The van der Waals surface area contributed by atoms with E-state index < -0.39 is 20.3 Å². The molecule has 0 bridgehead atoms. The fourth-order valence-corrected chi connectivity index (χ4v) is 8.54. The molecule has 0 saturated carbocycles. The summed E-state index contributed by atoms with van der Waals surface area (Å²) < 4.78 is 19.3. The fraction of sp³-hybridized carbons (Fsp3) is 0.368. The van der Waals surface area contributed by atoms with Gasteiger partial charge in [0.15, 0.2) is 0 Å². The Bertz CT molecular complexity index is 1360. The van der Waals surface area contributed by atoms with Crippen molar-refractivity contribution in [1.29, 1.82) is 0 Å². The van der Waals surface area contributed by atoms with E-state index in [-0.39, 0.29) is 12.1 Å². The number of aliphatic hydroxyl groups is 1. The van der Waals surface area contributed by atoms with Crippen molar-refractivity contribution in [3.05, 3.63) is 138 Å². The topological polar surface area (TPSA) is 51.2 Å². The first-order valence-corrected chi connectivity index (χ1v) is 19.1. The summed E-state index contributed by atoms with van der Waals surface area (Å²) in [6.07, 6.45) is -0.463. The maximum Gasteiger partial charge on any atom is 0.113 e. The van der Waals surface area contributed by atoms with Crippen molar-refractivity contribution in [2.45, 2.75) is 69.7 Å². The Labute approximate surface area is 264 Å². The van der Waals surface area contributed by atoms with Gasteiger partial charge in [-0.15, -0.1) is 0 Å². The van der Waals surface area contributed by atoms with Crippen LogP contribution in [0.4, 0.5) is 0 Å². The lowest BCUT2D eigenvalue weighted by Crippen LogP contribution is -2.64. The predicted molar refractivity (Wildman–Crippen MR) is 180 cm³/mol. The van der Waals surface area contributed by atoms with Gasteiger partial charge in [-0.25, -0.2) is 0 Å². The Morgan fingerprint density at radius 3 is 1.75 bits per heavy atom. The molecular weight excluding hydrogens is 563 g/mol. The average Bonchev–Trinajstić information content (AvgIpc) is 3.06. The van der Waals surface area contributed by atoms with E-state index in [4.69, 9.17) is 14.2 Å². The summed E-state index contributed by atoms with van der Waals surface area (Å²) in [6.45, 7) is 8.27. The van der Waals surface area contributed by atoms with Crippen molar-refractivity contribution >= 4 is 13.3 Å². The zero-order chi connectivity index (χ0) is 30.6. The number of ether oxygens (including phenoxy) is 3. The van der Waals surface area contributed by atoms with E-state index >= 15 is 0 Å². The van der Waals surface area contributed by atoms with Crippen molar-refractivity contribution in [2.75, 3.05) is 19.7 Å². The van der Waals surface area contributed by atoms with Crippen LogP contribution in [-0.4, -0.2) is 62.1 Å². The lowest BCUT2D eigenvalue weighted by Gasteiger charge is -2.47. The average molecular weight is 610 g/mol. The van der Waals surface area contributed by atoms with E-state index in [1.807, 2.05) is 54.6 Å². The van der Waals surface area contributed by atoms with E-state index in [2.05, 4.69) is 84.7 Å². The molecule has 44 heavy (non-hydrogen) atoms. The third kappa shape index (κ3) is 9.21. The van der Waals surface area contributed by atoms with Crippen molar-refractivity contribution in [1.82, 2.24) is 4.90 Å². The normalized spacial score (nSPS) is 20.9. The molecule has 0 aromatic heterocycles. The van der Waals surface area contributed by atoms with Crippen LogP contribution in [0, 0.1) is 0 Å². The summed E-state index contributed by atoms with van der Waals surface area (Å²) in [5, 5.41) is 13.4. The lowest BCUT2D eigenvalue weighted by atomic mass is 9.93. The largest absolute Gasteiger partial charge is 0.389 e. The number of rotatable bonds is 15. The number of likely N-dealkylation sites (tertiary alicyclic amines) is 1. The number of benzene rings is 4. The van der Waals surface area contributed by atoms with Crippen LogP contribution < -0.4 is 5.19 Å². The second kappa shape index (κ2) is 16.3. The number of hydrogen-bond donors (Lipinski definition) is 1. The molecular formula is C38H47NO4Si. The van der Waals surface area contributed by atoms with Gasteiger partial charge in [0.05, 0.1) is 46.6 Å². The first-order chi connectivity index (χ1) is 21.5. The van der Waals surface area contributed by atoms with E-state index in [0.717, 1.165) is 29.7 Å². The Morgan fingerprint density at radius 1 is 0.682 bits per heavy atom. The van der Waals surface area contributed by atoms with Crippen molar-refractivity contribution in [3.8, 4) is 0 Å². The summed E-state index contributed by atoms with van der Waals surface area (Å²) >= 11 is 0. The highest BCUT2D eigenvalue weighted by Crippen LogP contribution is 2.27. The van der Waals surface area contributed by atoms with Crippen LogP contribution in [0.1, 0.15) is 23.1 Å². The van der Waals surface area contributed by atoms with Crippen LogP contribution in [0.15, 0.2) is 121 Å². The zero-order valence-corrected chi connectivity index (χ0v) is 27.1. The smallest absolute Gasteiger partial charge is 0.113 e. The molecule has 4 aromatic rings. The molecule has 4 aromatic carbocycles. The molecule has 1 heterocycles. The molecule has 1 unspecified atom stereocenters. The summed E-state index contributed by atoms with van der Waals surface area (Å²) in [5.74, 6) is 0. The standard InChI is InChI=1S/C38H47NO4Si/c1-44(2,34-22-13-6-14-23-34)25-15-24-39-26-36(42-28-32-18-9-4-10-19-32)38(43-29-33-20-11-5-12-21-33)37(40)35(39)30-41-27-31-16-7-3-8-17-31/h3-14,16-23,35-38,40H,15,24-30H2,1-2H3/t35?,36-,37+,38+/m0/s1. The van der Waals surface area contributed by atoms with Gasteiger partial charge in [-0.1, -0.05) is 146 Å². The molecule has 1 N–H and O–H groups in total. The van der Waals surface area contributed by atoms with E-state index in [1.54, 1.807) is 0 Å². The highest BCUT2D eigenvalue weighted by atomic mass is 28.3. The maximum atomic E-state index is 12.0. The maximum absolute atomic E-state index is 12.0. The Hall–Kier alpha value is -3.10. The SMILES string of the molecule is C[Si](C)(CCCN1C[C@H](OCc2ccccc2)[C@@H](OCc2ccccc2)[C@H](O)C1COCc1ccccc1)c1ccccc1. The molecule has 1 saturated heterocycles. The van der Waals surface area contributed by atoms with E-state index in [9.17, 15) is 5.11 Å². The molecule has 4 atom stereocenters. The van der Waals surface area contributed by atoms with Crippen LogP contribution >= 0.6 is 0 Å². The van der Waals surface area contributed by atoms with Crippen molar-refractivity contribution in [3.63, 3.8) is 0 Å². The van der Waals surface area contributed by atoms with E-state index in [0.29, 0.717) is 33.0 Å². The minimum absolute atomic E-state index is 0.197. The minimum Gasteiger partial charge on any atom is -0.389 e. The molecule has 1 aliphatic heterocycles. The molecule has 0 spiro atoms. The van der Waals surface area contributed by atoms with Gasteiger partial charge in [-0.2, -0.15) is 0 Å². The Kier molecular flexibility index (Phi) is 11.9. The minimum atomic E-state index is -1.59. The third-order valence-corrected chi connectivity index (χ3v) is 12.3. The van der Waals surface area contributed by atoms with Gasteiger partial charge in [-0.3, -0.25) is 4.90 Å². The van der Waals surface area contributed by atoms with Gasteiger partial charge in [0, 0.05) is 6.54 Å². The molecule has 0 aliphatic carbocycles. The summed E-state index contributed by atoms with van der Waals surface area (Å²) in [4.78, 5) is 2.39. The summed E-state index contributed by atoms with van der Waals surface area (Å²) in [7, 11) is -1.59. The number of aliphatic hydroxyl groups excluding tert-OH is 1. The molecule has 6 heteroatoms. The molecule has 1 aliphatic rings. The molecule has 1 fully saturated rings. The van der Waals surface area contributed by atoms with Gasteiger partial charge in [-0.05, 0) is 29.7 Å². The first kappa shape index (κ1) is 32.3. The van der Waals surface area contributed by atoms with Crippen LogP contribution in [-0.2, 0) is 34.0 Å². The van der Waals surface area contributed by atoms with Crippen LogP contribution in [0.3, 0.4) is 0 Å². The quantitative estimate of drug-likeness (QED) is 0.158. The van der Waals surface area contributed by atoms with Crippen molar-refractivity contribution < 1.29 is 19.3 Å². The second-order valence-corrected chi connectivity index (χ2v) is 17.3. The zero-order valence-electron chi connectivity index (χ0n) is 26.1. The summed E-state index contributed by atoms with van der Waals surface area (Å²) in [5.41, 5.74) is 3.31. The fourth-order valence-electron chi connectivity index (χ4n) is 6.11. The molecule has 232 valence electrons. The van der Waals surface area contributed by atoms with Gasteiger partial charge in [0.1, 0.15) is 12.2 Å². The number of nitrogens with zero attached hydrogens (tertiary/aromatic N) is 1. The predicted octanol–water partition coefficient (Wildman–Crippen LogP) is 6.42. The van der Waals surface area contributed by atoms with Crippen LogP contribution in [0.2, 0.25) is 19.1 Å². The van der Waals surface area contributed by atoms with Gasteiger partial charge < -0.3 is 19.3 Å². The number of hydrogen-bond acceptors (Lipinski definition) is 5. The monoisotopic (exact) mass is 609 g/mol. The molecule has 0 radical (unpaired) electrons. The van der Waals surface area contributed by atoms with Gasteiger partial charge in [0.2, 0.25) is 0 Å². The third-order valence-electron chi connectivity index (χ3n) is 8.78. The Morgan fingerprint density at radius 2 is 1.18 bits per heavy atom. The lowest BCUT2D eigenvalue weighted by molar-refractivity contribution is -0.193. The Balaban J connectivity index is 1.31. The van der Waals surface area contributed by atoms with Crippen molar-refractivity contribution in [2.24, 2.45) is 0 Å². The highest BCUT2D eigenvalue weighted by molar-refractivity contribution is 6.89. The summed E-state index contributed by atoms with van der Waals surface area (Å²) in [6, 6.07) is 42.5. The van der Waals surface area contributed by atoms with Gasteiger partial charge >= 0.3 is 0 Å². The first-order valence-electron chi connectivity index (χ1n) is 15.9. The van der Waals surface area contributed by atoms with Crippen LogP contribution in [0.5, 0.6) is 0 Å².